The first-order valence-corrected chi connectivity index (χ1v) is 13.9. The van der Waals surface area contributed by atoms with Gasteiger partial charge >= 0.3 is 5.97 Å². The Bertz CT molecular complexity index is 1230. The monoisotopic (exact) mass is 504 g/mol. The van der Waals surface area contributed by atoms with Crippen LogP contribution in [0.15, 0.2) is 54.9 Å². The molecule has 1 aliphatic carbocycles. The van der Waals surface area contributed by atoms with Crippen LogP contribution in [0.3, 0.4) is 0 Å². The molecule has 196 valence electrons. The zero-order chi connectivity index (χ0) is 25.4. The predicted molar refractivity (Wildman–Crippen MR) is 141 cm³/mol. The quantitative estimate of drug-likeness (QED) is 0.467. The van der Waals surface area contributed by atoms with E-state index in [0.29, 0.717) is 18.4 Å². The Labute approximate surface area is 218 Å². The van der Waals surface area contributed by atoms with Crippen molar-refractivity contribution in [3.8, 4) is 0 Å². The first-order chi connectivity index (χ1) is 18.0. The highest BCUT2D eigenvalue weighted by Gasteiger charge is 2.41. The van der Waals surface area contributed by atoms with E-state index in [-0.39, 0.29) is 17.7 Å². The Morgan fingerprint density at radius 2 is 1.92 bits per heavy atom. The van der Waals surface area contributed by atoms with Gasteiger partial charge in [-0.3, -0.25) is 9.69 Å². The van der Waals surface area contributed by atoms with E-state index < -0.39 is 12.0 Å². The molecular formula is C30H37FN4O2. The fraction of sp³-hybridized carbons (Fsp3) is 0.533. The second-order valence-electron chi connectivity index (χ2n) is 11.4. The van der Waals surface area contributed by atoms with E-state index in [4.69, 9.17) is 4.98 Å². The number of hydrogen-bond acceptors (Lipinski definition) is 4. The van der Waals surface area contributed by atoms with E-state index >= 15 is 0 Å². The summed E-state index contributed by atoms with van der Waals surface area (Å²) in [5.41, 5.74) is 2.14. The van der Waals surface area contributed by atoms with E-state index in [1.807, 2.05) is 18.3 Å². The third-order valence-corrected chi connectivity index (χ3v) is 9.17. The summed E-state index contributed by atoms with van der Waals surface area (Å²) < 4.78 is 16.4. The number of imidazole rings is 1. The highest BCUT2D eigenvalue weighted by molar-refractivity contribution is 5.73. The summed E-state index contributed by atoms with van der Waals surface area (Å²) in [7, 11) is 0. The molecule has 3 fully saturated rings. The molecular weight excluding hydrogens is 467 g/mol. The SMILES string of the molecule is O=C(O)[C@@H](CC1CCC1)N1CC(CN2CCC(c3ncc4ccccn34)CC2)[C@@H](c2cccc(F)c2)C1. The zero-order valence-corrected chi connectivity index (χ0v) is 21.4. The lowest BCUT2D eigenvalue weighted by Crippen LogP contribution is -2.43. The summed E-state index contributed by atoms with van der Waals surface area (Å²) in [4.78, 5) is 21.7. The van der Waals surface area contributed by atoms with Crippen LogP contribution < -0.4 is 0 Å². The lowest BCUT2D eigenvalue weighted by Gasteiger charge is -2.34. The van der Waals surface area contributed by atoms with Crippen molar-refractivity contribution in [2.24, 2.45) is 11.8 Å². The molecule has 1 saturated carbocycles. The van der Waals surface area contributed by atoms with Crippen LogP contribution in [0.5, 0.6) is 0 Å². The van der Waals surface area contributed by atoms with Crippen molar-refractivity contribution in [1.29, 1.82) is 0 Å². The molecule has 37 heavy (non-hydrogen) atoms. The first-order valence-electron chi connectivity index (χ1n) is 13.9. The molecule has 3 atom stereocenters. The maximum Gasteiger partial charge on any atom is 0.320 e. The van der Waals surface area contributed by atoms with Crippen LogP contribution in [0.1, 0.15) is 61.7 Å². The Hall–Kier alpha value is -2.77. The van der Waals surface area contributed by atoms with E-state index in [1.54, 1.807) is 12.1 Å². The number of likely N-dealkylation sites (tertiary alicyclic amines) is 2. The molecule has 0 spiro atoms. The molecule has 3 aromatic rings. The lowest BCUT2D eigenvalue weighted by molar-refractivity contribution is -0.144. The van der Waals surface area contributed by atoms with Crippen LogP contribution in [0.25, 0.3) is 5.52 Å². The normalized spacial score (nSPS) is 24.9. The molecule has 2 saturated heterocycles. The summed E-state index contributed by atoms with van der Waals surface area (Å²) in [6.45, 7) is 4.37. The predicted octanol–water partition coefficient (Wildman–Crippen LogP) is 5.01. The zero-order valence-electron chi connectivity index (χ0n) is 21.4. The molecule has 3 aliphatic rings. The van der Waals surface area contributed by atoms with Crippen molar-refractivity contribution < 1.29 is 14.3 Å². The van der Waals surface area contributed by atoms with Gasteiger partial charge in [0.2, 0.25) is 0 Å². The van der Waals surface area contributed by atoms with Gasteiger partial charge in [0, 0.05) is 37.7 Å². The van der Waals surface area contributed by atoms with Crippen molar-refractivity contribution in [3.63, 3.8) is 0 Å². The standard InChI is InChI=1S/C30H37FN4O2/c31-25-8-4-7-23(16-25)27-20-34(28(30(36)37)15-21-5-3-6-21)19-24(27)18-33-13-10-22(11-14-33)29-32-17-26-9-1-2-12-35(26)29/h1-2,4,7-9,12,16-17,21-22,24,27-28H,3,5-6,10-11,13-15,18-20H2,(H,36,37)/t24?,27-,28-/m1/s1. The van der Waals surface area contributed by atoms with Gasteiger partial charge in [0.15, 0.2) is 0 Å². The summed E-state index contributed by atoms with van der Waals surface area (Å²) >= 11 is 0. The molecule has 6 nitrogen and oxygen atoms in total. The number of hydrogen-bond donors (Lipinski definition) is 1. The number of rotatable bonds is 8. The molecule has 2 aromatic heterocycles. The summed E-state index contributed by atoms with van der Waals surface area (Å²) in [6.07, 6.45) is 10.4. The van der Waals surface area contributed by atoms with Gasteiger partial charge in [0.1, 0.15) is 17.7 Å². The molecule has 2 aliphatic heterocycles. The van der Waals surface area contributed by atoms with Crippen molar-refractivity contribution in [1.82, 2.24) is 19.2 Å². The van der Waals surface area contributed by atoms with Gasteiger partial charge in [-0.1, -0.05) is 37.5 Å². The van der Waals surface area contributed by atoms with Crippen LogP contribution in [-0.2, 0) is 4.79 Å². The van der Waals surface area contributed by atoms with Gasteiger partial charge < -0.3 is 14.4 Å². The number of carboxylic acids is 1. The van der Waals surface area contributed by atoms with Gasteiger partial charge in [-0.15, -0.1) is 0 Å². The van der Waals surface area contributed by atoms with Crippen LogP contribution in [-0.4, -0.2) is 69.0 Å². The number of aromatic nitrogens is 2. The highest BCUT2D eigenvalue weighted by Crippen LogP contribution is 2.39. The van der Waals surface area contributed by atoms with Crippen molar-refractivity contribution in [2.45, 2.75) is 56.4 Å². The van der Waals surface area contributed by atoms with Crippen LogP contribution >= 0.6 is 0 Å². The Balaban J connectivity index is 1.15. The number of fused-ring (bicyclic) bond motifs is 1. The Morgan fingerprint density at radius 1 is 1.08 bits per heavy atom. The average Bonchev–Trinajstić information content (AvgIpc) is 3.48. The van der Waals surface area contributed by atoms with Crippen molar-refractivity contribution >= 4 is 11.5 Å². The fourth-order valence-electron chi connectivity index (χ4n) is 6.88. The van der Waals surface area contributed by atoms with Crippen molar-refractivity contribution in [2.75, 3.05) is 32.7 Å². The molecule has 0 radical (unpaired) electrons. The van der Waals surface area contributed by atoms with Crippen LogP contribution in [0.4, 0.5) is 4.39 Å². The molecule has 1 unspecified atom stereocenters. The number of carbonyl (C=O) groups is 1. The number of piperidine rings is 1. The van der Waals surface area contributed by atoms with E-state index in [2.05, 4.69) is 32.5 Å². The highest BCUT2D eigenvalue weighted by atomic mass is 19.1. The maximum absolute atomic E-state index is 14.2. The van der Waals surface area contributed by atoms with Gasteiger partial charge in [-0.25, -0.2) is 9.37 Å². The number of benzene rings is 1. The third kappa shape index (κ3) is 5.16. The number of halogens is 1. The van der Waals surface area contributed by atoms with E-state index in [0.717, 1.165) is 75.2 Å². The summed E-state index contributed by atoms with van der Waals surface area (Å²) in [5, 5.41) is 10.1. The second kappa shape index (κ2) is 10.5. The van der Waals surface area contributed by atoms with Gasteiger partial charge in [-0.2, -0.15) is 0 Å². The Kier molecular flexibility index (Phi) is 7.00. The Morgan fingerprint density at radius 3 is 2.65 bits per heavy atom. The molecule has 0 bridgehead atoms. The topological polar surface area (TPSA) is 61.1 Å². The maximum atomic E-state index is 14.2. The minimum atomic E-state index is -0.710. The van der Waals surface area contributed by atoms with Crippen LogP contribution in [0.2, 0.25) is 0 Å². The van der Waals surface area contributed by atoms with Gasteiger partial charge in [-0.05, 0) is 74.0 Å². The minimum absolute atomic E-state index is 0.146. The molecule has 0 amide bonds. The number of aliphatic carboxylic acids is 1. The van der Waals surface area contributed by atoms with Crippen molar-refractivity contribution in [3.05, 3.63) is 72.1 Å². The van der Waals surface area contributed by atoms with E-state index in [1.165, 1.54) is 12.5 Å². The van der Waals surface area contributed by atoms with Crippen LogP contribution in [0, 0.1) is 17.7 Å². The average molecular weight is 505 g/mol. The molecule has 4 heterocycles. The van der Waals surface area contributed by atoms with E-state index in [9.17, 15) is 14.3 Å². The first kappa shape index (κ1) is 24.6. The fourth-order valence-corrected chi connectivity index (χ4v) is 6.88. The molecule has 6 rings (SSSR count). The number of nitrogens with zero attached hydrogens (tertiary/aromatic N) is 4. The third-order valence-electron chi connectivity index (χ3n) is 9.17. The van der Waals surface area contributed by atoms with Gasteiger partial charge in [0.05, 0.1) is 11.7 Å². The number of carboxylic acid groups (broad SMARTS) is 1. The minimum Gasteiger partial charge on any atom is -0.480 e. The smallest absolute Gasteiger partial charge is 0.320 e. The lowest BCUT2D eigenvalue weighted by atomic mass is 9.80. The second-order valence-corrected chi connectivity index (χ2v) is 11.4. The number of pyridine rings is 1. The molecule has 1 N–H and O–H groups in total. The molecule has 7 heteroatoms. The molecule has 1 aromatic carbocycles. The van der Waals surface area contributed by atoms with Gasteiger partial charge in [0.25, 0.3) is 0 Å². The largest absolute Gasteiger partial charge is 0.480 e. The summed E-state index contributed by atoms with van der Waals surface area (Å²) in [6, 6.07) is 12.7. The summed E-state index contributed by atoms with van der Waals surface area (Å²) in [5.74, 6) is 1.64.